The number of aromatic nitrogens is 10. The molecule has 62 heavy (non-hydrogen) atoms. The Bertz CT molecular complexity index is 2700. The van der Waals surface area contributed by atoms with Crippen molar-refractivity contribution in [3.05, 3.63) is 52.1 Å². The summed E-state index contributed by atoms with van der Waals surface area (Å²) in [5.74, 6) is -0.220. The summed E-state index contributed by atoms with van der Waals surface area (Å²) in [5.41, 5.74) is 16.2. The van der Waals surface area contributed by atoms with E-state index in [9.17, 15) is 43.1 Å². The quantitative estimate of drug-likeness (QED) is 0.0542. The fourth-order valence-corrected chi connectivity index (χ4v) is 9.25. The zero-order chi connectivity index (χ0) is 44.1. The minimum absolute atomic E-state index is 0.0409. The fraction of sp³-hybridized carbons (Fsp3) is 0.517. The Kier molecular flexibility index (Phi) is 12.3. The number of rotatable bonds is 16. The second-order valence-corrected chi connectivity index (χ2v) is 17.5. The van der Waals surface area contributed by atoms with E-state index in [0.717, 1.165) is 4.57 Å². The Morgan fingerprint density at radius 2 is 1.37 bits per heavy atom. The molecule has 30 nitrogen and oxygen atoms in total. The lowest BCUT2D eigenvalue weighted by molar-refractivity contribution is -0.0601. The largest absolute Gasteiger partial charge is 0.694 e. The topological polar surface area (TPSA) is 426 Å². The van der Waals surface area contributed by atoms with Crippen LogP contribution in [0.2, 0.25) is 0 Å². The first kappa shape index (κ1) is 43.9. The van der Waals surface area contributed by atoms with Crippen LogP contribution in [0.4, 0.5) is 17.6 Å². The maximum Gasteiger partial charge on any atom is 0.694 e. The summed E-state index contributed by atoms with van der Waals surface area (Å²) < 4.78 is 85.9. The van der Waals surface area contributed by atoms with Crippen molar-refractivity contribution in [2.75, 3.05) is 37.0 Å². The van der Waals surface area contributed by atoms with Gasteiger partial charge in [0.05, 0.1) is 32.0 Å². The Morgan fingerprint density at radius 1 is 0.790 bits per heavy atom. The molecule has 0 saturated carbocycles. The zero-order valence-corrected chi connectivity index (χ0v) is 34.2. The summed E-state index contributed by atoms with van der Waals surface area (Å²) in [6.45, 7) is -2.10. The van der Waals surface area contributed by atoms with Crippen LogP contribution in [0.25, 0.3) is 22.3 Å². The minimum Gasteiger partial charge on any atom is -0.390 e. The van der Waals surface area contributed by atoms with E-state index < -0.39 is 110 Å². The van der Waals surface area contributed by atoms with Crippen molar-refractivity contribution in [3.8, 4) is 0 Å². The molecule has 3 saturated heterocycles. The van der Waals surface area contributed by atoms with Gasteiger partial charge in [-0.2, -0.15) is 9.97 Å². The van der Waals surface area contributed by atoms with Gasteiger partial charge in [0.25, 0.3) is 5.56 Å². The van der Waals surface area contributed by atoms with Crippen molar-refractivity contribution in [2.45, 2.75) is 74.6 Å². The summed E-state index contributed by atoms with van der Waals surface area (Å²) in [5, 5.41) is 10.7. The summed E-state index contributed by atoms with van der Waals surface area (Å²) in [6, 6.07) is 1.29. The number of H-pyrrole nitrogens is 1. The van der Waals surface area contributed by atoms with Gasteiger partial charge in [0.2, 0.25) is 5.95 Å². The molecule has 0 radical (unpaired) electrons. The molecule has 3 unspecified atom stereocenters. The van der Waals surface area contributed by atoms with Gasteiger partial charge in [-0.25, -0.2) is 33.9 Å². The number of phosphoric ester groups is 2. The third-order valence-electron chi connectivity index (χ3n) is 9.88. The molecule has 0 bridgehead atoms. The lowest BCUT2D eigenvalue weighted by Gasteiger charge is -2.24. The lowest BCUT2D eigenvalue weighted by atomic mass is 10.2. The molecule has 0 aliphatic carbocycles. The van der Waals surface area contributed by atoms with Gasteiger partial charge in [0.1, 0.15) is 73.5 Å². The highest BCUT2D eigenvalue weighted by molar-refractivity contribution is 7.47. The number of fused-ring (bicyclic) bond motifs is 2. The highest BCUT2D eigenvalue weighted by Crippen LogP contribution is 2.52. The number of hydrogen-bond acceptors (Lipinski definition) is 23. The average Bonchev–Trinajstić information content (AvgIpc) is 4.03. The number of aliphatic hydroxyl groups is 1. The van der Waals surface area contributed by atoms with Crippen LogP contribution < -0.4 is 28.5 Å². The summed E-state index contributed by atoms with van der Waals surface area (Å²) in [7, 11) is -13.3. The maximum atomic E-state index is 13.5. The molecule has 3 aliphatic rings. The molecule has 12 atom stereocenters. The second-order valence-electron chi connectivity index (χ2n) is 13.9. The molecule has 0 amide bonds. The minimum atomic E-state index is -5.12. The monoisotopic (exact) mass is 932 g/mol. The first-order valence-corrected chi connectivity index (χ1v) is 22.3. The highest BCUT2D eigenvalue weighted by Gasteiger charge is 2.47. The van der Waals surface area contributed by atoms with Crippen LogP contribution in [-0.2, 0) is 50.5 Å². The normalized spacial score (nSPS) is 28.7. The van der Waals surface area contributed by atoms with Gasteiger partial charge in [0, 0.05) is 30.0 Å². The van der Waals surface area contributed by atoms with E-state index >= 15 is 0 Å². The number of nitrogens with one attached hydrogen (secondary N) is 1. The van der Waals surface area contributed by atoms with Crippen LogP contribution in [0.5, 0.6) is 0 Å². The van der Waals surface area contributed by atoms with Gasteiger partial charge in [-0.3, -0.25) is 41.6 Å². The molecular formula is C29H37N13O17P3+. The highest BCUT2D eigenvalue weighted by atomic mass is 31.2. The van der Waals surface area contributed by atoms with Gasteiger partial charge in [-0.05, 0) is 6.07 Å². The maximum absolute atomic E-state index is 13.5. The summed E-state index contributed by atoms with van der Waals surface area (Å²) in [6.07, 6.45) is -6.56. The van der Waals surface area contributed by atoms with Crippen molar-refractivity contribution in [1.82, 2.24) is 48.6 Å². The molecule has 0 aromatic carbocycles. The summed E-state index contributed by atoms with van der Waals surface area (Å²) in [4.78, 5) is 82.2. The van der Waals surface area contributed by atoms with Crippen molar-refractivity contribution < 1.29 is 70.3 Å². The number of imidazole rings is 2. The van der Waals surface area contributed by atoms with Gasteiger partial charge < -0.3 is 46.3 Å². The molecule has 11 N–H and O–H groups in total. The van der Waals surface area contributed by atoms with Gasteiger partial charge >= 0.3 is 29.6 Å². The molecule has 3 fully saturated rings. The molecule has 3 aliphatic heterocycles. The molecule has 5 aromatic heterocycles. The van der Waals surface area contributed by atoms with Crippen molar-refractivity contribution in [2.24, 2.45) is 0 Å². The zero-order valence-electron chi connectivity index (χ0n) is 31.5. The molecule has 8 heterocycles. The number of aliphatic hydroxyl groups excluding tert-OH is 1. The Morgan fingerprint density at radius 3 is 2.03 bits per heavy atom. The molecule has 33 heteroatoms. The van der Waals surface area contributed by atoms with Crippen LogP contribution in [0.1, 0.15) is 37.9 Å². The van der Waals surface area contributed by atoms with Crippen molar-refractivity contribution in [1.29, 1.82) is 0 Å². The van der Waals surface area contributed by atoms with Crippen LogP contribution in [-0.4, -0.2) is 125 Å². The average molecular weight is 933 g/mol. The fourth-order valence-electron chi connectivity index (χ4n) is 7.06. The summed E-state index contributed by atoms with van der Waals surface area (Å²) >= 11 is 0. The van der Waals surface area contributed by atoms with Gasteiger partial charge in [-0.15, -0.1) is 9.42 Å². The van der Waals surface area contributed by atoms with E-state index in [1.165, 1.54) is 40.4 Å². The first-order valence-electron chi connectivity index (χ1n) is 18.2. The smallest absolute Gasteiger partial charge is 0.390 e. The van der Waals surface area contributed by atoms with E-state index in [-0.39, 0.29) is 59.2 Å². The molecule has 8 rings (SSSR count). The number of aromatic amines is 1. The first-order chi connectivity index (χ1) is 29.4. The SMILES string of the molecule is Nc1ccn([C@H]2C[C@H](OP(=O)(O)OC[C@H]3O[C@@H](n4cnc5c(=O)[nH]c(N)nc54)C[C@@H]3O)[C@@H](COP(=O)(O)O[C@H]3C[C@H](n4cnc5c(N)ncnc54)O[C@@H]3CO[P+](=O)O)O2)c(=O)n1. The number of phosphoric acid groups is 2. The second kappa shape index (κ2) is 17.4. The number of anilines is 3. The molecule has 0 spiro atoms. The van der Waals surface area contributed by atoms with Gasteiger partial charge in [0.15, 0.2) is 22.6 Å². The van der Waals surface area contributed by atoms with E-state index in [2.05, 4.69) is 34.9 Å². The Hall–Kier alpha value is -4.74. The Balaban J connectivity index is 0.941. The standard InChI is InChI=1S/C29H36N13O17P3/c30-18-1-2-40(29(45)37-18)20-4-14(59-61(48,49)53-7-15-12(43)3-19(55-15)42-11-36-23-26(42)38-28(32)39-27(23)44)17(57-20)8-54-62(50,51)58-13-5-21(56-16(13)6-52-60(46)47)41-10-35-22-24(31)33-9-34-25(22)41/h1-2,9-17,19-21,43H,3-8H2,(H9-,30,31,32,33,34,37,38,39,44,45,46,47,48,49,50,51)/p+1/t12-,13-,14-,15+,16+,17+,19+,20+,21+/m0/s1. The van der Waals surface area contributed by atoms with E-state index in [4.69, 9.17) is 54.0 Å². The van der Waals surface area contributed by atoms with E-state index in [1.807, 2.05) is 0 Å². The number of ether oxygens (including phenoxy) is 3. The lowest BCUT2D eigenvalue weighted by Crippen LogP contribution is -2.31. The number of nitrogens with zero attached hydrogens (tertiary/aromatic N) is 9. The van der Waals surface area contributed by atoms with Crippen molar-refractivity contribution in [3.63, 3.8) is 0 Å². The molecular weight excluding hydrogens is 895 g/mol. The number of nitrogen functional groups attached to an aromatic ring is 3. The predicted molar refractivity (Wildman–Crippen MR) is 204 cm³/mol. The molecule has 5 aromatic rings. The third kappa shape index (κ3) is 9.44. The van der Waals surface area contributed by atoms with E-state index in [0.29, 0.717) is 0 Å². The van der Waals surface area contributed by atoms with Gasteiger partial charge in [-0.1, -0.05) is 0 Å². The van der Waals surface area contributed by atoms with Crippen LogP contribution in [0.15, 0.2) is 40.8 Å². The van der Waals surface area contributed by atoms with Crippen molar-refractivity contribution >= 4 is 63.8 Å². The number of nitrogens with two attached hydrogens (primary N) is 3. The van der Waals surface area contributed by atoms with Crippen LogP contribution >= 0.6 is 23.9 Å². The van der Waals surface area contributed by atoms with E-state index in [1.54, 1.807) is 0 Å². The predicted octanol–water partition coefficient (Wildman–Crippen LogP) is -1.14. The number of hydrogen-bond donors (Lipinski definition) is 8. The Labute approximate surface area is 346 Å². The third-order valence-corrected chi connectivity index (χ3v) is 12.3. The van der Waals surface area contributed by atoms with Crippen LogP contribution in [0, 0.1) is 0 Å². The van der Waals surface area contributed by atoms with Crippen LogP contribution in [0.3, 0.4) is 0 Å². The molecule has 334 valence electrons.